The fraction of sp³-hybridized carbons (Fsp3) is 0.588. The molecule has 1 aromatic carbocycles. The molecule has 0 radical (unpaired) electrons. The lowest BCUT2D eigenvalue weighted by atomic mass is 10.1. The summed E-state index contributed by atoms with van der Waals surface area (Å²) in [6, 6.07) is 5.07. The molecule has 0 spiro atoms. The molecule has 0 aromatic heterocycles. The number of ether oxygens (including phenoxy) is 1. The van der Waals surface area contributed by atoms with E-state index in [1.165, 1.54) is 25.3 Å². The van der Waals surface area contributed by atoms with Crippen LogP contribution < -0.4 is 10.6 Å². The molecule has 0 fully saturated rings. The first-order valence-corrected chi connectivity index (χ1v) is 7.92. The quantitative estimate of drug-likeness (QED) is 0.267. The summed E-state index contributed by atoms with van der Waals surface area (Å²) in [7, 11) is 3.32. The van der Waals surface area contributed by atoms with Gasteiger partial charge in [-0.15, -0.1) is 24.0 Å². The summed E-state index contributed by atoms with van der Waals surface area (Å²) in [4.78, 5) is 4.19. The summed E-state index contributed by atoms with van der Waals surface area (Å²) in [6.07, 6.45) is 4.88. The Morgan fingerprint density at radius 2 is 2.00 bits per heavy atom. The normalized spacial score (nSPS) is 11.0. The molecule has 0 saturated heterocycles. The van der Waals surface area contributed by atoms with Crippen LogP contribution in [0.2, 0.25) is 0 Å². The Balaban J connectivity index is 0.00000484. The predicted octanol–water partition coefficient (Wildman–Crippen LogP) is 3.84. The van der Waals surface area contributed by atoms with Crippen molar-refractivity contribution in [2.75, 3.05) is 20.7 Å². The second kappa shape index (κ2) is 13.5. The summed E-state index contributed by atoms with van der Waals surface area (Å²) >= 11 is 0. The van der Waals surface area contributed by atoms with Gasteiger partial charge in [0.2, 0.25) is 0 Å². The molecule has 1 aromatic rings. The number of unbranched alkanes of at least 4 members (excludes halogenated alkanes) is 3. The first-order chi connectivity index (χ1) is 10.7. The van der Waals surface area contributed by atoms with Crippen LogP contribution in [-0.2, 0) is 17.9 Å². The fourth-order valence-corrected chi connectivity index (χ4v) is 2.17. The maximum Gasteiger partial charge on any atom is 0.191 e. The Morgan fingerprint density at radius 3 is 2.65 bits per heavy atom. The van der Waals surface area contributed by atoms with E-state index in [1.807, 2.05) is 6.07 Å². The highest BCUT2D eigenvalue weighted by Gasteiger charge is 2.04. The van der Waals surface area contributed by atoms with Gasteiger partial charge >= 0.3 is 0 Å². The van der Waals surface area contributed by atoms with Crippen LogP contribution in [0.1, 0.15) is 43.7 Å². The van der Waals surface area contributed by atoms with Crippen LogP contribution in [0.4, 0.5) is 4.39 Å². The molecule has 23 heavy (non-hydrogen) atoms. The molecule has 6 heteroatoms. The Morgan fingerprint density at radius 1 is 1.22 bits per heavy atom. The van der Waals surface area contributed by atoms with Crippen molar-refractivity contribution in [2.24, 2.45) is 4.99 Å². The Hall–Kier alpha value is -0.890. The van der Waals surface area contributed by atoms with Crippen molar-refractivity contribution >= 4 is 29.9 Å². The highest BCUT2D eigenvalue weighted by atomic mass is 127. The number of hydrogen-bond acceptors (Lipinski definition) is 2. The number of aliphatic imine (C=N–C) groups is 1. The van der Waals surface area contributed by atoms with Gasteiger partial charge in [-0.2, -0.15) is 0 Å². The summed E-state index contributed by atoms with van der Waals surface area (Å²) in [6.45, 7) is 4.00. The standard InChI is InChI=1S/C17H28FN3O.HI/c1-4-5-6-7-10-20-17(19-2)21-12-14-8-9-16(18)15(11-14)13-22-3;/h8-9,11H,4-7,10,12-13H2,1-3H3,(H2,19,20,21);1H. The van der Waals surface area contributed by atoms with Crippen LogP contribution in [0.15, 0.2) is 23.2 Å². The molecule has 0 amide bonds. The van der Waals surface area contributed by atoms with Crippen LogP contribution in [0.3, 0.4) is 0 Å². The van der Waals surface area contributed by atoms with Crippen molar-refractivity contribution in [3.05, 3.63) is 35.1 Å². The van der Waals surface area contributed by atoms with E-state index in [2.05, 4.69) is 22.5 Å². The molecule has 1 rings (SSSR count). The number of guanidine groups is 1. The highest BCUT2D eigenvalue weighted by molar-refractivity contribution is 14.0. The minimum absolute atomic E-state index is 0. The maximum absolute atomic E-state index is 13.6. The number of halogens is 2. The zero-order chi connectivity index (χ0) is 16.2. The third-order valence-electron chi connectivity index (χ3n) is 3.42. The van der Waals surface area contributed by atoms with Gasteiger partial charge in [0, 0.05) is 32.8 Å². The molecule has 0 heterocycles. The number of rotatable bonds is 9. The minimum atomic E-state index is -0.232. The topological polar surface area (TPSA) is 45.7 Å². The Bertz CT molecular complexity index is 469. The van der Waals surface area contributed by atoms with Crippen LogP contribution in [0.25, 0.3) is 0 Å². The zero-order valence-electron chi connectivity index (χ0n) is 14.3. The van der Waals surface area contributed by atoms with E-state index in [0.717, 1.165) is 24.5 Å². The van der Waals surface area contributed by atoms with Crippen molar-refractivity contribution in [2.45, 2.75) is 45.8 Å². The molecule has 0 atom stereocenters. The lowest BCUT2D eigenvalue weighted by Gasteiger charge is -2.12. The van der Waals surface area contributed by atoms with Crippen LogP contribution >= 0.6 is 24.0 Å². The zero-order valence-corrected chi connectivity index (χ0v) is 16.7. The van der Waals surface area contributed by atoms with Crippen LogP contribution in [0, 0.1) is 5.82 Å². The third-order valence-corrected chi connectivity index (χ3v) is 3.42. The van der Waals surface area contributed by atoms with Gasteiger partial charge in [0.25, 0.3) is 0 Å². The van der Waals surface area contributed by atoms with Crippen molar-refractivity contribution < 1.29 is 9.13 Å². The van der Waals surface area contributed by atoms with Gasteiger partial charge < -0.3 is 15.4 Å². The van der Waals surface area contributed by atoms with Gasteiger partial charge in [-0.3, -0.25) is 4.99 Å². The first-order valence-electron chi connectivity index (χ1n) is 7.92. The number of methoxy groups -OCH3 is 1. The first kappa shape index (κ1) is 22.1. The molecular weight excluding hydrogens is 408 g/mol. The van der Waals surface area contributed by atoms with E-state index < -0.39 is 0 Å². The second-order valence-electron chi connectivity index (χ2n) is 5.27. The molecule has 4 nitrogen and oxygen atoms in total. The molecule has 0 saturated carbocycles. The van der Waals surface area contributed by atoms with E-state index in [1.54, 1.807) is 20.2 Å². The van der Waals surface area contributed by atoms with Gasteiger partial charge in [0.05, 0.1) is 6.61 Å². The van der Waals surface area contributed by atoms with E-state index in [4.69, 9.17) is 4.74 Å². The Labute approximate surface area is 156 Å². The largest absolute Gasteiger partial charge is 0.380 e. The van der Waals surface area contributed by atoms with Gasteiger partial charge in [0.1, 0.15) is 5.82 Å². The van der Waals surface area contributed by atoms with E-state index in [9.17, 15) is 4.39 Å². The number of benzene rings is 1. The highest BCUT2D eigenvalue weighted by Crippen LogP contribution is 2.11. The van der Waals surface area contributed by atoms with Gasteiger partial charge in [0.15, 0.2) is 5.96 Å². The van der Waals surface area contributed by atoms with Gasteiger partial charge in [-0.25, -0.2) is 4.39 Å². The van der Waals surface area contributed by atoms with Crippen molar-refractivity contribution in [1.29, 1.82) is 0 Å². The van der Waals surface area contributed by atoms with E-state index >= 15 is 0 Å². The Kier molecular flexibility index (Phi) is 13.0. The second-order valence-corrected chi connectivity index (χ2v) is 5.27. The molecular formula is C17H29FIN3O. The molecule has 0 unspecified atom stereocenters. The lowest BCUT2D eigenvalue weighted by Crippen LogP contribution is -2.37. The van der Waals surface area contributed by atoms with Crippen molar-refractivity contribution in [3.8, 4) is 0 Å². The number of nitrogens with one attached hydrogen (secondary N) is 2. The molecule has 0 aliphatic carbocycles. The minimum Gasteiger partial charge on any atom is -0.380 e. The average molecular weight is 437 g/mol. The fourth-order valence-electron chi connectivity index (χ4n) is 2.17. The summed E-state index contributed by atoms with van der Waals surface area (Å²) in [5.41, 5.74) is 1.58. The average Bonchev–Trinajstić information content (AvgIpc) is 2.53. The van der Waals surface area contributed by atoms with Crippen molar-refractivity contribution in [3.63, 3.8) is 0 Å². The molecule has 132 valence electrons. The van der Waals surface area contributed by atoms with Crippen molar-refractivity contribution in [1.82, 2.24) is 10.6 Å². The van der Waals surface area contributed by atoms with Crippen LogP contribution in [-0.4, -0.2) is 26.7 Å². The SMILES string of the molecule is CCCCCCNC(=NC)NCc1ccc(F)c(COC)c1.I. The third kappa shape index (κ3) is 9.10. The van der Waals surface area contributed by atoms with Gasteiger partial charge in [-0.05, 0) is 24.1 Å². The molecule has 0 bridgehead atoms. The van der Waals surface area contributed by atoms with E-state index in [0.29, 0.717) is 12.1 Å². The van der Waals surface area contributed by atoms with Crippen LogP contribution in [0.5, 0.6) is 0 Å². The number of hydrogen-bond donors (Lipinski definition) is 2. The predicted molar refractivity (Wildman–Crippen MR) is 105 cm³/mol. The molecule has 0 aliphatic rings. The number of nitrogens with zero attached hydrogens (tertiary/aromatic N) is 1. The molecule has 2 N–H and O–H groups in total. The summed E-state index contributed by atoms with van der Waals surface area (Å²) in [5.74, 6) is 0.540. The lowest BCUT2D eigenvalue weighted by molar-refractivity contribution is 0.181. The monoisotopic (exact) mass is 437 g/mol. The maximum atomic E-state index is 13.6. The summed E-state index contributed by atoms with van der Waals surface area (Å²) < 4.78 is 18.6. The molecule has 0 aliphatic heterocycles. The van der Waals surface area contributed by atoms with E-state index in [-0.39, 0.29) is 36.4 Å². The summed E-state index contributed by atoms with van der Waals surface area (Å²) in [5, 5.41) is 6.53. The smallest absolute Gasteiger partial charge is 0.191 e. The van der Waals surface area contributed by atoms with Gasteiger partial charge in [-0.1, -0.05) is 32.3 Å².